The summed E-state index contributed by atoms with van der Waals surface area (Å²) in [7, 11) is -2.32. The highest BCUT2D eigenvalue weighted by atomic mass is 32.2. The topological polar surface area (TPSA) is 101 Å². The molecule has 16 heavy (non-hydrogen) atoms. The normalized spacial score (nSPS) is 10.8. The van der Waals surface area contributed by atoms with Gasteiger partial charge in [0.1, 0.15) is 0 Å². The van der Waals surface area contributed by atoms with Gasteiger partial charge in [0, 0.05) is 12.7 Å². The lowest BCUT2D eigenvalue weighted by Gasteiger charge is -2.06. The van der Waals surface area contributed by atoms with E-state index >= 15 is 0 Å². The number of hydrogen-bond acceptors (Lipinski definition) is 4. The second kappa shape index (κ2) is 4.84. The number of nitrogens with two attached hydrogens (primary N) is 1. The van der Waals surface area contributed by atoms with E-state index in [1.54, 1.807) is 24.3 Å². The smallest absolute Gasteiger partial charge is 0.328 e. The van der Waals surface area contributed by atoms with Crippen molar-refractivity contribution in [1.82, 2.24) is 10.0 Å². The number of nitrogen functional groups attached to an aromatic ring is 1. The summed E-state index contributed by atoms with van der Waals surface area (Å²) in [6.45, 7) is 0. The summed E-state index contributed by atoms with van der Waals surface area (Å²) in [4.78, 5) is 10.9. The molecular weight excluding hydrogens is 230 g/mol. The van der Waals surface area contributed by atoms with Gasteiger partial charge in [0.25, 0.3) is 0 Å². The molecule has 1 aromatic carbocycles. The fourth-order valence-electron chi connectivity index (χ4n) is 1.06. The highest BCUT2D eigenvalue weighted by molar-refractivity contribution is 7.89. The molecule has 0 heterocycles. The lowest BCUT2D eigenvalue weighted by molar-refractivity contribution is 0.248. The van der Waals surface area contributed by atoms with E-state index in [-0.39, 0.29) is 5.75 Å². The third-order valence-corrected chi connectivity index (χ3v) is 3.02. The van der Waals surface area contributed by atoms with E-state index in [1.165, 1.54) is 7.05 Å². The zero-order valence-electron chi connectivity index (χ0n) is 8.73. The first-order valence-corrected chi connectivity index (χ1v) is 6.15. The third kappa shape index (κ3) is 3.77. The average Bonchev–Trinajstić information content (AvgIpc) is 2.20. The maximum absolute atomic E-state index is 11.5. The van der Waals surface area contributed by atoms with E-state index in [0.29, 0.717) is 11.3 Å². The summed E-state index contributed by atoms with van der Waals surface area (Å²) in [6.07, 6.45) is 0. The van der Waals surface area contributed by atoms with Gasteiger partial charge in [0.15, 0.2) is 0 Å². The van der Waals surface area contributed by atoms with Gasteiger partial charge < -0.3 is 11.1 Å². The van der Waals surface area contributed by atoms with Gasteiger partial charge in [-0.1, -0.05) is 12.1 Å². The van der Waals surface area contributed by atoms with Gasteiger partial charge in [-0.25, -0.2) is 17.9 Å². The molecular formula is C9H13N3O3S. The van der Waals surface area contributed by atoms with Crippen LogP contribution >= 0.6 is 0 Å². The molecule has 0 unspecified atom stereocenters. The lowest BCUT2D eigenvalue weighted by Crippen LogP contribution is -2.38. The predicted molar refractivity (Wildman–Crippen MR) is 61.1 cm³/mol. The Bertz CT molecular complexity index is 467. The van der Waals surface area contributed by atoms with Crippen molar-refractivity contribution in [3.8, 4) is 0 Å². The number of benzene rings is 1. The maximum atomic E-state index is 11.5. The molecule has 0 aromatic heterocycles. The number of carbonyl (C=O) groups excluding carboxylic acids is 1. The Morgan fingerprint density at radius 2 is 1.88 bits per heavy atom. The first-order chi connectivity index (χ1) is 7.43. The maximum Gasteiger partial charge on any atom is 0.328 e. The van der Waals surface area contributed by atoms with Crippen LogP contribution in [0.15, 0.2) is 24.3 Å². The number of hydrogen-bond donors (Lipinski definition) is 3. The summed E-state index contributed by atoms with van der Waals surface area (Å²) in [5, 5.41) is 2.17. The van der Waals surface area contributed by atoms with Crippen molar-refractivity contribution in [2.45, 2.75) is 5.75 Å². The van der Waals surface area contributed by atoms with Gasteiger partial charge in [-0.15, -0.1) is 0 Å². The molecule has 1 aromatic rings. The Hall–Kier alpha value is -1.76. The van der Waals surface area contributed by atoms with Crippen LogP contribution in [-0.4, -0.2) is 21.5 Å². The average molecular weight is 243 g/mol. The van der Waals surface area contributed by atoms with Crippen LogP contribution in [0, 0.1) is 0 Å². The number of rotatable bonds is 3. The SMILES string of the molecule is CNC(=O)NS(=O)(=O)Cc1ccc(N)cc1. The molecule has 88 valence electrons. The van der Waals surface area contributed by atoms with Crippen LogP contribution in [0.4, 0.5) is 10.5 Å². The molecule has 0 aliphatic heterocycles. The second-order valence-electron chi connectivity index (χ2n) is 3.18. The summed E-state index contributed by atoms with van der Waals surface area (Å²) < 4.78 is 24.8. The molecule has 0 saturated carbocycles. The Kier molecular flexibility index (Phi) is 3.73. The molecule has 0 fully saturated rings. The largest absolute Gasteiger partial charge is 0.399 e. The standard InChI is InChI=1S/C9H13N3O3S/c1-11-9(13)12-16(14,15)6-7-2-4-8(10)5-3-7/h2-5H,6,10H2,1H3,(H2,11,12,13). The summed E-state index contributed by atoms with van der Waals surface area (Å²) in [6, 6.07) is 5.64. The molecule has 0 saturated heterocycles. The minimum atomic E-state index is -3.66. The van der Waals surface area contributed by atoms with Crippen molar-refractivity contribution < 1.29 is 13.2 Å². The van der Waals surface area contributed by atoms with Gasteiger partial charge in [-0.2, -0.15) is 0 Å². The van der Waals surface area contributed by atoms with Crippen molar-refractivity contribution in [2.24, 2.45) is 0 Å². The molecule has 0 bridgehead atoms. The zero-order valence-corrected chi connectivity index (χ0v) is 9.54. The monoisotopic (exact) mass is 243 g/mol. The van der Waals surface area contributed by atoms with E-state index in [1.807, 2.05) is 4.72 Å². The van der Waals surface area contributed by atoms with Crippen molar-refractivity contribution in [3.63, 3.8) is 0 Å². The highest BCUT2D eigenvalue weighted by Crippen LogP contribution is 2.08. The third-order valence-electron chi connectivity index (χ3n) is 1.81. The Balaban J connectivity index is 2.73. The Morgan fingerprint density at radius 1 is 1.31 bits per heavy atom. The highest BCUT2D eigenvalue weighted by Gasteiger charge is 2.13. The number of anilines is 1. The van der Waals surface area contributed by atoms with Crippen LogP contribution in [0.25, 0.3) is 0 Å². The van der Waals surface area contributed by atoms with Crippen LogP contribution in [0.5, 0.6) is 0 Å². The van der Waals surface area contributed by atoms with Gasteiger partial charge in [-0.05, 0) is 17.7 Å². The Labute approximate surface area is 93.9 Å². The molecule has 1 rings (SSSR count). The minimum Gasteiger partial charge on any atom is -0.399 e. The molecule has 2 amide bonds. The lowest BCUT2D eigenvalue weighted by atomic mass is 10.2. The molecule has 0 spiro atoms. The van der Waals surface area contributed by atoms with Crippen LogP contribution < -0.4 is 15.8 Å². The molecule has 0 aliphatic rings. The number of urea groups is 1. The zero-order chi connectivity index (χ0) is 12.2. The molecule has 6 nitrogen and oxygen atoms in total. The van der Waals surface area contributed by atoms with E-state index in [2.05, 4.69) is 5.32 Å². The van der Waals surface area contributed by atoms with Gasteiger partial charge >= 0.3 is 6.03 Å². The minimum absolute atomic E-state index is 0.263. The van der Waals surface area contributed by atoms with Crippen LogP contribution in [0.1, 0.15) is 5.56 Å². The fourth-order valence-corrected chi connectivity index (χ4v) is 2.15. The number of carbonyl (C=O) groups is 1. The summed E-state index contributed by atoms with van der Waals surface area (Å²) >= 11 is 0. The molecule has 0 atom stereocenters. The molecule has 4 N–H and O–H groups in total. The number of sulfonamides is 1. The van der Waals surface area contributed by atoms with Crippen LogP contribution in [-0.2, 0) is 15.8 Å². The van der Waals surface area contributed by atoms with E-state index in [0.717, 1.165) is 0 Å². The quantitative estimate of drug-likeness (QED) is 0.652. The Morgan fingerprint density at radius 3 is 2.38 bits per heavy atom. The molecule has 0 radical (unpaired) electrons. The number of amides is 2. The molecule has 7 heteroatoms. The second-order valence-corrected chi connectivity index (χ2v) is 4.90. The van der Waals surface area contributed by atoms with E-state index in [9.17, 15) is 13.2 Å². The van der Waals surface area contributed by atoms with Gasteiger partial charge in [0.2, 0.25) is 10.0 Å². The predicted octanol–water partition coefficient (Wildman–Crippen LogP) is 0.0276. The number of nitrogens with one attached hydrogen (secondary N) is 2. The van der Waals surface area contributed by atoms with E-state index < -0.39 is 16.1 Å². The van der Waals surface area contributed by atoms with Gasteiger partial charge in [0.05, 0.1) is 5.75 Å². The van der Waals surface area contributed by atoms with Crippen molar-refractivity contribution in [2.75, 3.05) is 12.8 Å². The van der Waals surface area contributed by atoms with Gasteiger partial charge in [-0.3, -0.25) is 0 Å². The van der Waals surface area contributed by atoms with Crippen molar-refractivity contribution in [3.05, 3.63) is 29.8 Å². The summed E-state index contributed by atoms with van der Waals surface area (Å²) in [5.74, 6) is -0.263. The van der Waals surface area contributed by atoms with Crippen molar-refractivity contribution in [1.29, 1.82) is 0 Å². The van der Waals surface area contributed by atoms with Crippen LogP contribution in [0.3, 0.4) is 0 Å². The first-order valence-electron chi connectivity index (χ1n) is 4.49. The van der Waals surface area contributed by atoms with Crippen LogP contribution in [0.2, 0.25) is 0 Å². The first kappa shape index (κ1) is 12.3. The van der Waals surface area contributed by atoms with Crippen molar-refractivity contribution >= 4 is 21.7 Å². The summed E-state index contributed by atoms with van der Waals surface area (Å²) in [5.41, 5.74) is 6.58. The molecule has 0 aliphatic carbocycles. The fraction of sp³-hybridized carbons (Fsp3) is 0.222. The van der Waals surface area contributed by atoms with E-state index in [4.69, 9.17) is 5.73 Å².